The molecule has 214 valence electrons. The Hall–Kier alpha value is -3.35. The Balaban J connectivity index is 0.00000171. The average molecular weight is 687 g/mol. The quantitative estimate of drug-likeness (QED) is 0.241. The third-order valence-corrected chi connectivity index (χ3v) is 17.4. The Kier molecular flexibility index (Phi) is 8.76. The third-order valence-electron chi connectivity index (χ3n) is 9.16. The van der Waals surface area contributed by atoms with Gasteiger partial charge in [0.1, 0.15) is 0 Å². The normalized spacial score (nSPS) is 14.2. The average Bonchev–Trinajstić information content (AvgIpc) is 3.69. The Morgan fingerprint density at radius 3 is 1.70 bits per heavy atom. The molecule has 0 heterocycles. The molecular formula is C41H32Cl2Zr. The summed E-state index contributed by atoms with van der Waals surface area (Å²) in [6, 6.07) is 46.3. The van der Waals surface area contributed by atoms with Gasteiger partial charge in [0, 0.05) is 0 Å². The molecule has 1 atom stereocenters. The molecule has 0 aliphatic heterocycles. The minimum absolute atomic E-state index is 0. The van der Waals surface area contributed by atoms with Gasteiger partial charge in [-0.05, 0) is 0 Å². The number of halogens is 2. The first-order valence-electron chi connectivity index (χ1n) is 15.0. The van der Waals surface area contributed by atoms with E-state index in [1.807, 2.05) is 0 Å². The molecule has 2 aliphatic carbocycles. The predicted molar refractivity (Wildman–Crippen MR) is 176 cm³/mol. The fourth-order valence-electron chi connectivity index (χ4n) is 7.25. The Morgan fingerprint density at radius 2 is 1.11 bits per heavy atom. The molecule has 0 radical (unpaired) electrons. The molecule has 0 saturated heterocycles. The molecule has 0 fully saturated rings. The molecular weight excluding hydrogens is 655 g/mol. The summed E-state index contributed by atoms with van der Waals surface area (Å²) in [7, 11) is 0. The van der Waals surface area contributed by atoms with Gasteiger partial charge in [-0.25, -0.2) is 0 Å². The van der Waals surface area contributed by atoms with Gasteiger partial charge in [0.25, 0.3) is 0 Å². The number of benzene rings is 6. The molecule has 3 heteroatoms. The maximum absolute atomic E-state index is 2.74. The Morgan fingerprint density at radius 1 is 0.591 bits per heavy atom. The zero-order valence-electron chi connectivity index (χ0n) is 24.8. The van der Waals surface area contributed by atoms with Crippen molar-refractivity contribution >= 4 is 24.8 Å². The number of aryl methyl sites for hydroxylation is 2. The first kappa shape index (κ1) is 30.7. The number of hydrogen-bond donors (Lipinski definition) is 0. The smallest absolute Gasteiger partial charge is 1.00 e. The summed E-state index contributed by atoms with van der Waals surface area (Å²) >= 11 is -2.74. The van der Waals surface area contributed by atoms with E-state index in [4.69, 9.17) is 0 Å². The summed E-state index contributed by atoms with van der Waals surface area (Å²) in [5, 5.41) is 5.53. The van der Waals surface area contributed by atoms with E-state index < -0.39 is 21.3 Å². The van der Waals surface area contributed by atoms with Crippen LogP contribution in [0.15, 0.2) is 143 Å². The molecule has 44 heavy (non-hydrogen) atoms. The molecule has 1 unspecified atom stereocenters. The van der Waals surface area contributed by atoms with Crippen LogP contribution in [0.5, 0.6) is 0 Å². The maximum Gasteiger partial charge on any atom is -1.00 e. The van der Waals surface area contributed by atoms with Crippen LogP contribution in [0, 0.1) is 13.8 Å². The van der Waals surface area contributed by atoms with E-state index in [1.165, 1.54) is 60.5 Å². The van der Waals surface area contributed by atoms with Gasteiger partial charge in [-0.2, -0.15) is 0 Å². The zero-order chi connectivity index (χ0) is 28.2. The van der Waals surface area contributed by atoms with Crippen molar-refractivity contribution < 1.29 is 46.1 Å². The van der Waals surface area contributed by atoms with Crippen molar-refractivity contribution in [1.29, 1.82) is 0 Å². The maximum atomic E-state index is 2.47. The minimum atomic E-state index is -2.74. The molecule has 0 N–H and O–H groups in total. The van der Waals surface area contributed by atoms with Gasteiger partial charge in [0.2, 0.25) is 0 Å². The van der Waals surface area contributed by atoms with Crippen molar-refractivity contribution in [2.75, 3.05) is 0 Å². The standard InChI is InChI=1S/C21H13.C15H14.C5H5.2ClH.Zr/c1-2-8-15-14(7-1)13-20-18-11-4-3-9-16(18)17-10-5-6-12-19(17)21(15)20;1-12-3-7-14(8-4-12)11-15-9-5-13(2)6-10-15;1-2-4-5-3-1;;;/h1-13H;3-10H,1-2H3;1-3H,4H2;2*1H;/q;;;;;+2/p-2. The molecule has 0 saturated carbocycles. The second-order valence-corrected chi connectivity index (χ2v) is 18.0. The fourth-order valence-corrected chi connectivity index (χ4v) is 16.3. The molecule has 0 aromatic heterocycles. The SMILES string of the molecule is Cc1ccc([C](c2ccc(C)cc2)=[Zr+2]([C]2=CC=CC2)[CH]2c3ccccc3-c3c2c2ccccc2c2ccccc32)cc1.[Cl-].[Cl-]. The molecule has 6 aromatic rings. The van der Waals surface area contributed by atoms with Crippen LogP contribution in [0.1, 0.15) is 43.4 Å². The molecule has 0 spiro atoms. The van der Waals surface area contributed by atoms with Crippen LogP contribution in [0.4, 0.5) is 0 Å². The molecule has 0 nitrogen and oxygen atoms in total. The molecule has 8 rings (SSSR count). The Labute approximate surface area is 280 Å². The topological polar surface area (TPSA) is 0 Å². The Bertz CT molecular complexity index is 2070. The van der Waals surface area contributed by atoms with Crippen LogP contribution in [0.25, 0.3) is 32.7 Å². The van der Waals surface area contributed by atoms with Crippen LogP contribution in [0.3, 0.4) is 0 Å². The van der Waals surface area contributed by atoms with Crippen LogP contribution in [-0.2, 0) is 21.3 Å². The fraction of sp³-hybridized carbons (Fsp3) is 0.0976. The van der Waals surface area contributed by atoms with E-state index in [9.17, 15) is 0 Å². The number of hydrogen-bond acceptors (Lipinski definition) is 0. The van der Waals surface area contributed by atoms with E-state index in [0.717, 1.165) is 6.42 Å². The summed E-state index contributed by atoms with van der Waals surface area (Å²) in [6.45, 7) is 4.39. The van der Waals surface area contributed by atoms with Crippen LogP contribution in [0.2, 0.25) is 0 Å². The largest absolute Gasteiger partial charge is 1.00 e. The number of rotatable bonds is 4. The van der Waals surface area contributed by atoms with Gasteiger partial charge in [0.05, 0.1) is 0 Å². The number of allylic oxidation sites excluding steroid dienone is 4. The van der Waals surface area contributed by atoms with Crippen molar-refractivity contribution in [2.24, 2.45) is 0 Å². The van der Waals surface area contributed by atoms with E-state index in [2.05, 4.69) is 153 Å². The van der Waals surface area contributed by atoms with E-state index in [-0.39, 0.29) is 24.8 Å². The summed E-state index contributed by atoms with van der Waals surface area (Å²) in [4.78, 5) is 0. The monoisotopic (exact) mass is 684 g/mol. The van der Waals surface area contributed by atoms with Gasteiger partial charge >= 0.3 is 257 Å². The minimum Gasteiger partial charge on any atom is -1.00 e. The van der Waals surface area contributed by atoms with Gasteiger partial charge in [-0.15, -0.1) is 0 Å². The second kappa shape index (κ2) is 12.6. The van der Waals surface area contributed by atoms with Crippen molar-refractivity contribution in [3.05, 3.63) is 176 Å². The first-order chi connectivity index (χ1) is 20.7. The van der Waals surface area contributed by atoms with Crippen molar-refractivity contribution in [2.45, 2.75) is 23.9 Å². The molecule has 0 bridgehead atoms. The van der Waals surface area contributed by atoms with E-state index in [0.29, 0.717) is 3.63 Å². The van der Waals surface area contributed by atoms with Crippen LogP contribution in [-0.4, -0.2) is 3.21 Å². The molecule has 0 amide bonds. The summed E-state index contributed by atoms with van der Waals surface area (Å²) in [5.74, 6) is 0. The van der Waals surface area contributed by atoms with Gasteiger partial charge in [0.15, 0.2) is 0 Å². The summed E-state index contributed by atoms with van der Waals surface area (Å²) in [5.41, 5.74) is 11.4. The number of fused-ring (bicyclic) bond motifs is 8. The van der Waals surface area contributed by atoms with Crippen molar-refractivity contribution in [3.8, 4) is 11.1 Å². The van der Waals surface area contributed by atoms with Crippen LogP contribution >= 0.6 is 0 Å². The first-order valence-corrected chi connectivity index (χ1v) is 18.8. The third kappa shape index (κ3) is 5.00. The van der Waals surface area contributed by atoms with Gasteiger partial charge in [-0.3, -0.25) is 0 Å². The molecule has 6 aromatic carbocycles. The van der Waals surface area contributed by atoms with E-state index >= 15 is 0 Å². The van der Waals surface area contributed by atoms with Crippen molar-refractivity contribution in [3.63, 3.8) is 0 Å². The van der Waals surface area contributed by atoms with Crippen molar-refractivity contribution in [1.82, 2.24) is 0 Å². The zero-order valence-corrected chi connectivity index (χ0v) is 28.8. The predicted octanol–water partition coefficient (Wildman–Crippen LogP) is 4.42. The van der Waals surface area contributed by atoms with Gasteiger partial charge in [-0.1, -0.05) is 0 Å². The second-order valence-electron chi connectivity index (χ2n) is 11.7. The van der Waals surface area contributed by atoms with Gasteiger partial charge < -0.3 is 24.8 Å². The molecule has 2 aliphatic rings. The van der Waals surface area contributed by atoms with Crippen LogP contribution < -0.4 is 24.8 Å². The summed E-state index contributed by atoms with van der Waals surface area (Å²) in [6.07, 6.45) is 8.21. The van der Waals surface area contributed by atoms with E-state index in [1.54, 1.807) is 12.1 Å². The summed E-state index contributed by atoms with van der Waals surface area (Å²) < 4.78 is 3.67.